The number of amides is 1. The van der Waals surface area contributed by atoms with Gasteiger partial charge in [-0.15, -0.1) is 0 Å². The van der Waals surface area contributed by atoms with E-state index in [0.717, 1.165) is 19.4 Å². The Bertz CT molecular complexity index is 318. The number of hydrogen-bond donors (Lipinski definition) is 2. The number of piperidine rings is 1. The third kappa shape index (κ3) is 3.46. The minimum Gasteiger partial charge on any atom is -0.306 e. The second-order valence-electron chi connectivity index (χ2n) is 4.06. The van der Waals surface area contributed by atoms with E-state index < -0.39 is 21.2 Å². The second kappa shape index (κ2) is 4.94. The summed E-state index contributed by atoms with van der Waals surface area (Å²) in [6.07, 6.45) is 2.72. The predicted octanol–water partition coefficient (Wildman–Crippen LogP) is -0.0171. The Labute approximate surface area is 90.7 Å². The highest BCUT2D eigenvalue weighted by molar-refractivity contribution is 7.90. The smallest absolute Gasteiger partial charge is 0.250 e. The summed E-state index contributed by atoms with van der Waals surface area (Å²) in [5.41, 5.74) is 0. The molecule has 1 atom stereocenters. The maximum absolute atomic E-state index is 11.6. The van der Waals surface area contributed by atoms with Gasteiger partial charge in [-0.1, -0.05) is 6.42 Å². The number of carbonyl (C=O) groups is 1. The van der Waals surface area contributed by atoms with E-state index in [2.05, 4.69) is 10.0 Å². The van der Waals surface area contributed by atoms with Gasteiger partial charge in [0.05, 0.1) is 11.3 Å². The van der Waals surface area contributed by atoms with Crippen molar-refractivity contribution in [2.75, 3.05) is 6.54 Å². The van der Waals surface area contributed by atoms with Gasteiger partial charge in [0.25, 0.3) is 5.91 Å². The molecule has 15 heavy (non-hydrogen) atoms. The molecule has 2 N–H and O–H groups in total. The lowest BCUT2D eigenvalue weighted by Crippen LogP contribution is -2.49. The largest absolute Gasteiger partial charge is 0.306 e. The van der Waals surface area contributed by atoms with E-state index in [0.29, 0.717) is 6.42 Å². The minimum absolute atomic E-state index is 0.354. The van der Waals surface area contributed by atoms with Crippen LogP contribution in [0.4, 0.5) is 0 Å². The van der Waals surface area contributed by atoms with Gasteiger partial charge in [-0.05, 0) is 33.2 Å². The lowest BCUT2D eigenvalue weighted by atomic mass is 10.1. The monoisotopic (exact) mass is 234 g/mol. The summed E-state index contributed by atoms with van der Waals surface area (Å²) in [4.78, 5) is 11.6. The van der Waals surface area contributed by atoms with Gasteiger partial charge < -0.3 is 5.32 Å². The number of sulfonamides is 1. The van der Waals surface area contributed by atoms with Crippen molar-refractivity contribution in [2.24, 2.45) is 0 Å². The van der Waals surface area contributed by atoms with E-state index in [-0.39, 0.29) is 6.04 Å². The standard InChI is InChI=1S/C9H18N2O3S/c1-7(2)15(13,14)11-9(12)8-5-3-4-6-10-8/h7-8,10H,3-6H2,1-2H3,(H,11,12)/t8-/m1/s1. The van der Waals surface area contributed by atoms with Crippen LogP contribution in [-0.2, 0) is 14.8 Å². The molecule has 0 bridgehead atoms. The van der Waals surface area contributed by atoms with Crippen LogP contribution in [-0.4, -0.2) is 32.2 Å². The van der Waals surface area contributed by atoms with Crippen molar-refractivity contribution in [3.05, 3.63) is 0 Å². The highest BCUT2D eigenvalue weighted by Crippen LogP contribution is 2.07. The van der Waals surface area contributed by atoms with E-state index in [1.54, 1.807) is 13.8 Å². The summed E-state index contributed by atoms with van der Waals surface area (Å²) >= 11 is 0. The van der Waals surface area contributed by atoms with Gasteiger partial charge in [-0.25, -0.2) is 8.42 Å². The van der Waals surface area contributed by atoms with Crippen LogP contribution in [0.1, 0.15) is 33.1 Å². The van der Waals surface area contributed by atoms with Crippen LogP contribution in [0.2, 0.25) is 0 Å². The molecule has 1 heterocycles. The Hall–Kier alpha value is -0.620. The third-order valence-electron chi connectivity index (χ3n) is 2.49. The van der Waals surface area contributed by atoms with E-state index in [1.165, 1.54) is 0 Å². The molecule has 0 aromatic heterocycles. The van der Waals surface area contributed by atoms with Crippen LogP contribution in [0, 0.1) is 0 Å². The molecule has 0 spiro atoms. The molecule has 1 saturated heterocycles. The fourth-order valence-electron chi connectivity index (χ4n) is 1.40. The molecular weight excluding hydrogens is 216 g/mol. The first-order valence-electron chi connectivity index (χ1n) is 5.22. The maximum atomic E-state index is 11.6. The number of nitrogens with one attached hydrogen (secondary N) is 2. The molecule has 1 amide bonds. The van der Waals surface area contributed by atoms with Gasteiger partial charge in [-0.2, -0.15) is 0 Å². The van der Waals surface area contributed by atoms with Crippen molar-refractivity contribution in [3.8, 4) is 0 Å². The summed E-state index contributed by atoms with van der Waals surface area (Å²) in [6.45, 7) is 3.87. The van der Waals surface area contributed by atoms with Gasteiger partial charge in [-0.3, -0.25) is 9.52 Å². The summed E-state index contributed by atoms with van der Waals surface area (Å²) in [5, 5.41) is 2.43. The topological polar surface area (TPSA) is 75.3 Å². The summed E-state index contributed by atoms with van der Waals surface area (Å²) in [6, 6.07) is -0.354. The Balaban J connectivity index is 2.55. The zero-order valence-electron chi connectivity index (χ0n) is 9.12. The minimum atomic E-state index is -3.49. The molecule has 0 aromatic carbocycles. The Morgan fingerprint density at radius 3 is 2.53 bits per heavy atom. The first kappa shape index (κ1) is 12.4. The van der Waals surface area contributed by atoms with Crippen LogP contribution < -0.4 is 10.0 Å². The van der Waals surface area contributed by atoms with Crippen molar-refractivity contribution >= 4 is 15.9 Å². The molecule has 1 aliphatic heterocycles. The van der Waals surface area contributed by atoms with Crippen LogP contribution in [0.3, 0.4) is 0 Å². The average molecular weight is 234 g/mol. The number of rotatable bonds is 3. The van der Waals surface area contributed by atoms with E-state index >= 15 is 0 Å². The zero-order valence-corrected chi connectivity index (χ0v) is 9.93. The summed E-state index contributed by atoms with van der Waals surface area (Å²) in [7, 11) is -3.49. The molecule has 1 aliphatic rings. The Morgan fingerprint density at radius 1 is 1.40 bits per heavy atom. The van der Waals surface area contributed by atoms with Crippen molar-refractivity contribution in [1.29, 1.82) is 0 Å². The highest BCUT2D eigenvalue weighted by Gasteiger charge is 2.26. The molecule has 1 rings (SSSR count). The van der Waals surface area contributed by atoms with E-state index in [4.69, 9.17) is 0 Å². The maximum Gasteiger partial charge on any atom is 0.250 e. The van der Waals surface area contributed by atoms with Crippen molar-refractivity contribution in [1.82, 2.24) is 10.0 Å². The number of hydrogen-bond acceptors (Lipinski definition) is 4. The quantitative estimate of drug-likeness (QED) is 0.720. The van der Waals surface area contributed by atoms with Crippen molar-refractivity contribution < 1.29 is 13.2 Å². The van der Waals surface area contributed by atoms with Crippen molar-refractivity contribution in [2.45, 2.75) is 44.4 Å². The van der Waals surface area contributed by atoms with Gasteiger partial charge in [0.2, 0.25) is 10.0 Å². The molecule has 0 saturated carbocycles. The van der Waals surface area contributed by atoms with Crippen LogP contribution in [0.5, 0.6) is 0 Å². The average Bonchev–Trinajstić information content (AvgIpc) is 2.18. The lowest BCUT2D eigenvalue weighted by molar-refractivity contribution is -0.121. The molecule has 0 radical (unpaired) electrons. The molecular formula is C9H18N2O3S. The second-order valence-corrected chi connectivity index (χ2v) is 6.30. The SMILES string of the molecule is CC(C)S(=O)(=O)NC(=O)[C@H]1CCCCN1. The van der Waals surface area contributed by atoms with Gasteiger partial charge >= 0.3 is 0 Å². The highest BCUT2D eigenvalue weighted by atomic mass is 32.2. The molecule has 88 valence electrons. The molecule has 6 heteroatoms. The van der Waals surface area contributed by atoms with Gasteiger partial charge in [0.1, 0.15) is 0 Å². The van der Waals surface area contributed by atoms with Crippen molar-refractivity contribution in [3.63, 3.8) is 0 Å². The number of carbonyl (C=O) groups excluding carboxylic acids is 1. The van der Waals surface area contributed by atoms with Crippen LogP contribution >= 0.6 is 0 Å². The molecule has 1 fully saturated rings. The Morgan fingerprint density at radius 2 is 2.07 bits per heavy atom. The molecule has 0 aromatic rings. The van der Waals surface area contributed by atoms with Gasteiger partial charge in [0, 0.05) is 0 Å². The van der Waals surface area contributed by atoms with E-state index in [9.17, 15) is 13.2 Å². The van der Waals surface area contributed by atoms with E-state index in [1.807, 2.05) is 0 Å². The van der Waals surface area contributed by atoms with Crippen LogP contribution in [0.15, 0.2) is 0 Å². The fourth-order valence-corrected chi connectivity index (χ4v) is 2.06. The zero-order chi connectivity index (χ0) is 11.5. The van der Waals surface area contributed by atoms with Gasteiger partial charge in [0.15, 0.2) is 0 Å². The molecule has 0 unspecified atom stereocenters. The summed E-state index contributed by atoms with van der Waals surface area (Å²) < 4.78 is 24.9. The lowest BCUT2D eigenvalue weighted by Gasteiger charge is -2.22. The predicted molar refractivity (Wildman–Crippen MR) is 57.8 cm³/mol. The first-order valence-corrected chi connectivity index (χ1v) is 6.77. The summed E-state index contributed by atoms with van der Waals surface area (Å²) in [5.74, 6) is -0.427. The van der Waals surface area contributed by atoms with Crippen LogP contribution in [0.25, 0.3) is 0 Å². The normalized spacial score (nSPS) is 22.7. The first-order chi connectivity index (χ1) is 6.93. The molecule has 0 aliphatic carbocycles. The molecule has 5 nitrogen and oxygen atoms in total. The Kier molecular flexibility index (Phi) is 4.10. The fraction of sp³-hybridized carbons (Fsp3) is 0.889. The third-order valence-corrected chi connectivity index (χ3v) is 4.22.